The van der Waals surface area contributed by atoms with E-state index in [1.807, 2.05) is 12.3 Å². The fourth-order valence-electron chi connectivity index (χ4n) is 3.17. The van der Waals surface area contributed by atoms with Crippen molar-refractivity contribution in [2.24, 2.45) is 17.1 Å². The largest absolute Gasteiger partial charge is 0.330 e. The molecule has 94 valence electrons. The molecule has 1 aromatic heterocycles. The van der Waals surface area contributed by atoms with Gasteiger partial charge in [0.25, 0.3) is 0 Å². The minimum Gasteiger partial charge on any atom is -0.330 e. The monoisotopic (exact) mass is 241 g/mol. The second-order valence-corrected chi connectivity index (χ2v) is 5.71. The molecular formula is C15H19N3. The molecule has 3 nitrogen and oxygen atoms in total. The number of rotatable bonds is 3. The van der Waals surface area contributed by atoms with E-state index in [0.717, 1.165) is 12.2 Å². The quantitative estimate of drug-likeness (QED) is 0.868. The number of H-pyrrole nitrogens is 1. The van der Waals surface area contributed by atoms with Gasteiger partial charge in [0, 0.05) is 5.56 Å². The van der Waals surface area contributed by atoms with E-state index < -0.39 is 0 Å². The molecule has 3 rings (SSSR count). The summed E-state index contributed by atoms with van der Waals surface area (Å²) < 4.78 is 0. The van der Waals surface area contributed by atoms with Gasteiger partial charge in [-0.05, 0) is 29.4 Å². The number of nitrogens with two attached hydrogens (primary N) is 1. The van der Waals surface area contributed by atoms with Gasteiger partial charge in [-0.25, -0.2) is 0 Å². The van der Waals surface area contributed by atoms with Gasteiger partial charge in [0.05, 0.1) is 11.9 Å². The maximum absolute atomic E-state index is 5.86. The molecule has 2 aromatic rings. The topological polar surface area (TPSA) is 54.7 Å². The second-order valence-electron chi connectivity index (χ2n) is 5.71. The molecule has 0 saturated heterocycles. The molecule has 3 heteroatoms. The van der Waals surface area contributed by atoms with E-state index in [-0.39, 0.29) is 0 Å². The van der Waals surface area contributed by atoms with Gasteiger partial charge >= 0.3 is 0 Å². The van der Waals surface area contributed by atoms with Crippen LogP contribution < -0.4 is 5.73 Å². The highest BCUT2D eigenvalue weighted by Crippen LogP contribution is 2.64. The summed E-state index contributed by atoms with van der Waals surface area (Å²) in [6.45, 7) is 5.32. The number of nitrogens with one attached hydrogen (secondary N) is 1. The summed E-state index contributed by atoms with van der Waals surface area (Å²) in [5, 5.41) is 7.36. The van der Waals surface area contributed by atoms with Crippen molar-refractivity contribution in [2.75, 3.05) is 6.54 Å². The van der Waals surface area contributed by atoms with Gasteiger partial charge in [-0.1, -0.05) is 44.2 Å². The minimum atomic E-state index is 0.294. The van der Waals surface area contributed by atoms with Crippen LogP contribution in [0, 0.1) is 11.3 Å². The highest BCUT2D eigenvalue weighted by Gasteiger charge is 2.58. The number of aromatic nitrogens is 2. The lowest BCUT2D eigenvalue weighted by atomic mass is 10.0. The number of benzene rings is 1. The Kier molecular flexibility index (Phi) is 2.52. The Bertz CT molecular complexity index is 542. The standard InChI is InChI=1S/C15H19N3/c1-15(2)12(8-16)13(15)11-9-17-18-14(11)10-6-4-3-5-7-10/h3-7,9,12-13H,8,16H2,1-2H3,(H,17,18)/t12-,13-/m0/s1. The van der Waals surface area contributed by atoms with E-state index in [0.29, 0.717) is 17.3 Å². The summed E-state index contributed by atoms with van der Waals surface area (Å²) in [5.74, 6) is 1.09. The van der Waals surface area contributed by atoms with E-state index >= 15 is 0 Å². The molecule has 0 spiro atoms. The maximum Gasteiger partial charge on any atom is 0.0685 e. The molecule has 0 bridgehead atoms. The number of nitrogens with zero attached hydrogens (tertiary/aromatic N) is 1. The zero-order valence-electron chi connectivity index (χ0n) is 10.9. The zero-order valence-corrected chi connectivity index (χ0v) is 10.9. The first-order chi connectivity index (χ1) is 8.66. The van der Waals surface area contributed by atoms with Gasteiger partial charge < -0.3 is 5.73 Å². The fourth-order valence-corrected chi connectivity index (χ4v) is 3.17. The first-order valence-corrected chi connectivity index (χ1v) is 6.45. The molecule has 1 aliphatic carbocycles. The van der Waals surface area contributed by atoms with E-state index in [1.165, 1.54) is 11.1 Å². The van der Waals surface area contributed by atoms with Crippen molar-refractivity contribution in [3.8, 4) is 11.3 Å². The molecule has 1 saturated carbocycles. The van der Waals surface area contributed by atoms with Crippen LogP contribution in [0.3, 0.4) is 0 Å². The number of hydrogen-bond acceptors (Lipinski definition) is 2. The summed E-state index contributed by atoms with van der Waals surface area (Å²) in [7, 11) is 0. The zero-order chi connectivity index (χ0) is 12.8. The van der Waals surface area contributed by atoms with Crippen LogP contribution in [0.1, 0.15) is 25.3 Å². The van der Waals surface area contributed by atoms with E-state index in [9.17, 15) is 0 Å². The van der Waals surface area contributed by atoms with Crippen LogP contribution in [0.2, 0.25) is 0 Å². The van der Waals surface area contributed by atoms with Crippen LogP contribution in [0.4, 0.5) is 0 Å². The van der Waals surface area contributed by atoms with Crippen molar-refractivity contribution in [3.05, 3.63) is 42.1 Å². The number of hydrogen-bond donors (Lipinski definition) is 2. The predicted molar refractivity (Wildman–Crippen MR) is 73.1 cm³/mol. The maximum atomic E-state index is 5.86. The Hall–Kier alpha value is -1.61. The lowest BCUT2D eigenvalue weighted by molar-refractivity contribution is 0.559. The Balaban J connectivity index is 1.99. The van der Waals surface area contributed by atoms with E-state index in [2.05, 4.69) is 48.3 Å². The Labute approximate surface area is 107 Å². The van der Waals surface area contributed by atoms with Gasteiger partial charge in [0.1, 0.15) is 0 Å². The fraction of sp³-hybridized carbons (Fsp3) is 0.400. The normalized spacial score (nSPS) is 25.1. The molecular weight excluding hydrogens is 222 g/mol. The minimum absolute atomic E-state index is 0.294. The summed E-state index contributed by atoms with van der Waals surface area (Å²) in [4.78, 5) is 0. The third kappa shape index (κ3) is 1.58. The van der Waals surface area contributed by atoms with Crippen LogP contribution in [0.25, 0.3) is 11.3 Å². The smallest absolute Gasteiger partial charge is 0.0685 e. The third-order valence-electron chi connectivity index (χ3n) is 4.37. The van der Waals surface area contributed by atoms with Crippen LogP contribution in [-0.2, 0) is 0 Å². The first kappa shape index (κ1) is 11.5. The van der Waals surface area contributed by atoms with Gasteiger partial charge in [-0.3, -0.25) is 5.10 Å². The van der Waals surface area contributed by atoms with Crippen molar-refractivity contribution in [2.45, 2.75) is 19.8 Å². The Morgan fingerprint density at radius 1 is 1.28 bits per heavy atom. The molecule has 2 atom stereocenters. The Morgan fingerprint density at radius 2 is 2.00 bits per heavy atom. The van der Waals surface area contributed by atoms with Gasteiger partial charge in [0.15, 0.2) is 0 Å². The third-order valence-corrected chi connectivity index (χ3v) is 4.37. The van der Waals surface area contributed by atoms with Crippen LogP contribution in [-0.4, -0.2) is 16.7 Å². The van der Waals surface area contributed by atoms with Crippen molar-refractivity contribution in [3.63, 3.8) is 0 Å². The van der Waals surface area contributed by atoms with Crippen molar-refractivity contribution >= 4 is 0 Å². The molecule has 1 aliphatic rings. The highest BCUT2D eigenvalue weighted by atomic mass is 15.1. The van der Waals surface area contributed by atoms with Crippen molar-refractivity contribution < 1.29 is 0 Å². The number of aromatic amines is 1. The molecule has 1 fully saturated rings. The summed E-state index contributed by atoms with van der Waals surface area (Å²) in [6.07, 6.45) is 1.96. The summed E-state index contributed by atoms with van der Waals surface area (Å²) in [6, 6.07) is 10.4. The van der Waals surface area contributed by atoms with Gasteiger partial charge in [-0.2, -0.15) is 5.10 Å². The molecule has 0 amide bonds. The lowest BCUT2D eigenvalue weighted by Gasteiger charge is -2.04. The van der Waals surface area contributed by atoms with Crippen molar-refractivity contribution in [1.82, 2.24) is 10.2 Å². The molecule has 3 N–H and O–H groups in total. The molecule has 0 radical (unpaired) electrons. The molecule has 18 heavy (non-hydrogen) atoms. The van der Waals surface area contributed by atoms with Crippen molar-refractivity contribution in [1.29, 1.82) is 0 Å². The average molecular weight is 241 g/mol. The first-order valence-electron chi connectivity index (χ1n) is 6.45. The summed E-state index contributed by atoms with van der Waals surface area (Å²) in [5.41, 5.74) is 9.81. The van der Waals surface area contributed by atoms with Crippen LogP contribution >= 0.6 is 0 Å². The summed E-state index contributed by atoms with van der Waals surface area (Å²) >= 11 is 0. The Morgan fingerprint density at radius 3 is 2.61 bits per heavy atom. The van der Waals surface area contributed by atoms with Gasteiger partial charge in [0.2, 0.25) is 0 Å². The average Bonchev–Trinajstić information content (AvgIpc) is 2.76. The van der Waals surface area contributed by atoms with Crippen LogP contribution in [0.15, 0.2) is 36.5 Å². The molecule has 1 heterocycles. The highest BCUT2D eigenvalue weighted by molar-refractivity contribution is 5.64. The van der Waals surface area contributed by atoms with E-state index in [1.54, 1.807) is 0 Å². The molecule has 0 unspecified atom stereocenters. The molecule has 1 aromatic carbocycles. The lowest BCUT2D eigenvalue weighted by Crippen LogP contribution is -2.05. The van der Waals surface area contributed by atoms with E-state index in [4.69, 9.17) is 5.73 Å². The second kappa shape index (κ2) is 3.95. The SMILES string of the molecule is CC1(C)[C@@H](CN)[C@@H]1c1cn[nH]c1-c1ccccc1. The van der Waals surface area contributed by atoms with Gasteiger partial charge in [-0.15, -0.1) is 0 Å². The van der Waals surface area contributed by atoms with Crippen LogP contribution in [0.5, 0.6) is 0 Å². The molecule has 0 aliphatic heterocycles. The predicted octanol–water partition coefficient (Wildman–Crippen LogP) is 2.78.